The summed E-state index contributed by atoms with van der Waals surface area (Å²) in [5.74, 6) is -0.0167. The molecule has 1 atom stereocenters. The van der Waals surface area contributed by atoms with E-state index in [4.69, 9.17) is 27.9 Å². The van der Waals surface area contributed by atoms with Crippen molar-refractivity contribution >= 4 is 61.7 Å². The molecule has 0 saturated heterocycles. The van der Waals surface area contributed by atoms with Gasteiger partial charge in [0.25, 0.3) is 5.91 Å². The molecule has 0 aliphatic carbocycles. The molecule has 0 radical (unpaired) electrons. The number of ether oxygens (including phenoxy) is 1. The quantitative estimate of drug-likeness (QED) is 0.343. The SMILES string of the molecule is CCCNC(=O)[C@@H](C)N(Cc1ccc(Cl)cc1Cl)C(=O)COc1ccc2ccccc2c1Br. The van der Waals surface area contributed by atoms with Crippen LogP contribution in [0.15, 0.2) is 59.1 Å². The van der Waals surface area contributed by atoms with E-state index in [0.29, 0.717) is 27.9 Å². The second-order valence-electron chi connectivity index (χ2n) is 7.61. The molecule has 3 rings (SSSR count). The van der Waals surface area contributed by atoms with Crippen LogP contribution in [-0.2, 0) is 16.1 Å². The highest BCUT2D eigenvalue weighted by Crippen LogP contribution is 2.33. The van der Waals surface area contributed by atoms with Gasteiger partial charge in [-0.3, -0.25) is 9.59 Å². The second-order valence-corrected chi connectivity index (χ2v) is 9.25. The minimum atomic E-state index is -0.709. The van der Waals surface area contributed by atoms with E-state index in [9.17, 15) is 9.59 Å². The van der Waals surface area contributed by atoms with Crippen LogP contribution in [0.3, 0.4) is 0 Å². The lowest BCUT2D eigenvalue weighted by Gasteiger charge is -2.29. The first kappa shape index (κ1) is 25.3. The maximum atomic E-state index is 13.2. The van der Waals surface area contributed by atoms with E-state index in [0.717, 1.165) is 21.7 Å². The molecule has 1 N–H and O–H groups in total. The smallest absolute Gasteiger partial charge is 0.261 e. The van der Waals surface area contributed by atoms with E-state index in [2.05, 4.69) is 21.2 Å². The molecular formula is C25H25BrCl2N2O3. The number of hydrogen-bond donors (Lipinski definition) is 1. The molecule has 5 nitrogen and oxygen atoms in total. The summed E-state index contributed by atoms with van der Waals surface area (Å²) < 4.78 is 6.63. The van der Waals surface area contributed by atoms with Crippen LogP contribution in [-0.4, -0.2) is 35.9 Å². The van der Waals surface area contributed by atoms with Crippen molar-refractivity contribution in [1.82, 2.24) is 10.2 Å². The minimum absolute atomic E-state index is 0.151. The summed E-state index contributed by atoms with van der Waals surface area (Å²) in [6, 6.07) is 16.0. The fourth-order valence-corrected chi connectivity index (χ4v) is 4.44. The van der Waals surface area contributed by atoms with Gasteiger partial charge in [0.05, 0.1) is 4.47 Å². The van der Waals surface area contributed by atoms with Crippen LogP contribution in [0.5, 0.6) is 5.75 Å². The normalized spacial score (nSPS) is 11.8. The molecule has 3 aromatic rings. The molecular weight excluding hydrogens is 527 g/mol. The summed E-state index contributed by atoms with van der Waals surface area (Å²) in [4.78, 5) is 27.3. The lowest BCUT2D eigenvalue weighted by Crippen LogP contribution is -2.49. The predicted octanol–water partition coefficient (Wildman–Crippen LogP) is 6.23. The van der Waals surface area contributed by atoms with Crippen molar-refractivity contribution in [2.75, 3.05) is 13.2 Å². The van der Waals surface area contributed by atoms with Crippen LogP contribution in [0, 0.1) is 0 Å². The molecule has 0 aliphatic heterocycles. The third kappa shape index (κ3) is 6.40. The van der Waals surface area contributed by atoms with Gasteiger partial charge in [-0.1, -0.05) is 66.5 Å². The molecule has 0 aliphatic rings. The van der Waals surface area contributed by atoms with Gasteiger partial charge in [-0.15, -0.1) is 0 Å². The van der Waals surface area contributed by atoms with Crippen LogP contribution in [0.4, 0.5) is 0 Å². The predicted molar refractivity (Wildman–Crippen MR) is 137 cm³/mol. The summed E-state index contributed by atoms with van der Waals surface area (Å²) >= 11 is 15.9. The Morgan fingerprint density at radius 3 is 2.61 bits per heavy atom. The van der Waals surface area contributed by atoms with Crippen LogP contribution in [0.25, 0.3) is 10.8 Å². The fraction of sp³-hybridized carbons (Fsp3) is 0.280. The molecule has 2 amide bonds. The van der Waals surface area contributed by atoms with Crippen molar-refractivity contribution in [3.8, 4) is 5.75 Å². The second kappa shape index (κ2) is 11.7. The molecule has 8 heteroatoms. The molecule has 174 valence electrons. The highest BCUT2D eigenvalue weighted by atomic mass is 79.9. The lowest BCUT2D eigenvalue weighted by atomic mass is 10.1. The first-order chi connectivity index (χ1) is 15.8. The first-order valence-corrected chi connectivity index (χ1v) is 12.2. The maximum Gasteiger partial charge on any atom is 0.261 e. The van der Waals surface area contributed by atoms with Crippen molar-refractivity contribution in [3.63, 3.8) is 0 Å². The molecule has 0 aromatic heterocycles. The summed E-state index contributed by atoms with van der Waals surface area (Å²) in [5, 5.41) is 5.82. The highest BCUT2D eigenvalue weighted by molar-refractivity contribution is 9.10. The Balaban J connectivity index is 1.80. The molecule has 0 heterocycles. The molecule has 3 aromatic carbocycles. The number of carbonyl (C=O) groups is 2. The van der Waals surface area contributed by atoms with Crippen LogP contribution in [0.2, 0.25) is 10.0 Å². The van der Waals surface area contributed by atoms with E-state index in [1.807, 2.05) is 43.3 Å². The molecule has 0 saturated carbocycles. The Bertz CT molecular complexity index is 1160. The van der Waals surface area contributed by atoms with Gasteiger partial charge in [-0.2, -0.15) is 0 Å². The molecule has 0 fully saturated rings. The van der Waals surface area contributed by atoms with Crippen molar-refractivity contribution in [3.05, 3.63) is 74.7 Å². The number of fused-ring (bicyclic) bond motifs is 1. The van der Waals surface area contributed by atoms with Crippen molar-refractivity contribution in [2.45, 2.75) is 32.9 Å². The standard InChI is InChI=1S/C25H25BrCl2N2O3/c1-3-12-29-25(32)16(2)30(14-18-8-10-19(27)13-21(18)28)23(31)15-33-22-11-9-17-6-4-5-7-20(17)24(22)26/h4-11,13,16H,3,12,14-15H2,1-2H3,(H,29,32)/t16-/m1/s1. The largest absolute Gasteiger partial charge is 0.483 e. The monoisotopic (exact) mass is 550 g/mol. The van der Waals surface area contributed by atoms with E-state index < -0.39 is 6.04 Å². The maximum absolute atomic E-state index is 13.2. The van der Waals surface area contributed by atoms with Crippen LogP contribution >= 0.6 is 39.1 Å². The first-order valence-electron chi connectivity index (χ1n) is 10.6. The third-order valence-corrected chi connectivity index (χ3v) is 6.66. The Morgan fingerprint density at radius 1 is 1.12 bits per heavy atom. The minimum Gasteiger partial charge on any atom is -0.483 e. The average molecular weight is 552 g/mol. The van der Waals surface area contributed by atoms with E-state index >= 15 is 0 Å². The summed E-state index contributed by atoms with van der Waals surface area (Å²) in [5.41, 5.74) is 0.691. The van der Waals surface area contributed by atoms with Gasteiger partial charge in [0, 0.05) is 23.1 Å². The number of halogens is 3. The van der Waals surface area contributed by atoms with Crippen molar-refractivity contribution < 1.29 is 14.3 Å². The van der Waals surface area contributed by atoms with Gasteiger partial charge in [0.15, 0.2) is 6.61 Å². The Kier molecular flexibility index (Phi) is 9.01. The van der Waals surface area contributed by atoms with Gasteiger partial charge in [0.2, 0.25) is 5.91 Å². The number of amides is 2. The number of benzene rings is 3. The molecule has 0 bridgehead atoms. The summed E-state index contributed by atoms with van der Waals surface area (Å²) in [6.45, 7) is 4.12. The number of rotatable bonds is 9. The Labute approximate surface area is 212 Å². The Hall–Kier alpha value is -2.28. The number of nitrogens with zero attached hydrogens (tertiary/aromatic N) is 1. The average Bonchev–Trinajstić information content (AvgIpc) is 2.81. The third-order valence-electron chi connectivity index (χ3n) is 5.25. The topological polar surface area (TPSA) is 58.6 Å². The van der Waals surface area contributed by atoms with Gasteiger partial charge >= 0.3 is 0 Å². The van der Waals surface area contributed by atoms with Crippen molar-refractivity contribution in [2.24, 2.45) is 0 Å². The Morgan fingerprint density at radius 2 is 1.88 bits per heavy atom. The zero-order valence-corrected chi connectivity index (χ0v) is 21.5. The van der Waals surface area contributed by atoms with E-state index in [-0.39, 0.29) is 25.0 Å². The van der Waals surface area contributed by atoms with E-state index in [1.54, 1.807) is 25.1 Å². The van der Waals surface area contributed by atoms with Gasteiger partial charge in [-0.05, 0) is 63.8 Å². The van der Waals surface area contributed by atoms with Gasteiger partial charge in [-0.25, -0.2) is 0 Å². The van der Waals surface area contributed by atoms with E-state index in [1.165, 1.54) is 4.90 Å². The summed E-state index contributed by atoms with van der Waals surface area (Å²) in [6.07, 6.45) is 0.800. The van der Waals surface area contributed by atoms with Gasteiger partial charge < -0.3 is 15.0 Å². The highest BCUT2D eigenvalue weighted by Gasteiger charge is 2.27. The molecule has 33 heavy (non-hydrogen) atoms. The lowest BCUT2D eigenvalue weighted by molar-refractivity contribution is -0.142. The molecule has 0 spiro atoms. The summed E-state index contributed by atoms with van der Waals surface area (Å²) in [7, 11) is 0. The number of nitrogens with one attached hydrogen (secondary N) is 1. The zero-order chi connectivity index (χ0) is 24.0. The van der Waals surface area contributed by atoms with Crippen LogP contribution in [0.1, 0.15) is 25.8 Å². The van der Waals surface area contributed by atoms with Crippen molar-refractivity contribution in [1.29, 1.82) is 0 Å². The fourth-order valence-electron chi connectivity index (χ4n) is 3.36. The molecule has 0 unspecified atom stereocenters. The van der Waals surface area contributed by atoms with Crippen LogP contribution < -0.4 is 10.1 Å². The zero-order valence-electron chi connectivity index (χ0n) is 18.4. The number of carbonyl (C=O) groups excluding carboxylic acids is 2. The van der Waals surface area contributed by atoms with Gasteiger partial charge in [0.1, 0.15) is 11.8 Å². The number of hydrogen-bond acceptors (Lipinski definition) is 3.